The first-order valence-electron chi connectivity index (χ1n) is 17.1. The zero-order valence-electron chi connectivity index (χ0n) is 27.7. The Morgan fingerprint density at radius 3 is 2.14 bits per heavy atom. The summed E-state index contributed by atoms with van der Waals surface area (Å²) in [6.45, 7) is 4.55. The van der Waals surface area contributed by atoms with Crippen LogP contribution < -0.4 is 4.74 Å². The molecule has 0 spiro atoms. The van der Waals surface area contributed by atoms with Crippen LogP contribution in [0.2, 0.25) is 0 Å². The molecule has 1 atom stereocenters. The van der Waals surface area contributed by atoms with E-state index in [9.17, 15) is 5.26 Å². The molecule has 6 aromatic rings. The smallest absolute Gasteiger partial charge is 0.178 e. The maximum atomic E-state index is 9.76. The van der Waals surface area contributed by atoms with E-state index in [0.717, 1.165) is 40.7 Å². The molecule has 1 aliphatic heterocycles. The molecule has 0 N–H and O–H groups in total. The Kier molecular flexibility index (Phi) is 6.61. The second kappa shape index (κ2) is 11.1. The predicted molar refractivity (Wildman–Crippen MR) is 201 cm³/mol. The summed E-state index contributed by atoms with van der Waals surface area (Å²) in [5.74, 6) is 0.901. The number of hydrogen-bond donors (Lipinski definition) is 0. The lowest BCUT2D eigenvalue weighted by Crippen LogP contribution is -2.35. The van der Waals surface area contributed by atoms with Crippen molar-refractivity contribution in [1.82, 2.24) is 0 Å². The molecule has 0 fully saturated rings. The molecular formula is C47H35NO. The fourth-order valence-corrected chi connectivity index (χ4v) is 8.44. The van der Waals surface area contributed by atoms with Crippen molar-refractivity contribution < 1.29 is 4.74 Å². The van der Waals surface area contributed by atoms with Crippen molar-refractivity contribution in [2.24, 2.45) is 0 Å². The highest BCUT2D eigenvalue weighted by molar-refractivity contribution is 6.08. The van der Waals surface area contributed by atoms with E-state index in [1.807, 2.05) is 6.07 Å². The Hall–Kier alpha value is -5.91. The molecule has 1 heterocycles. The van der Waals surface area contributed by atoms with Gasteiger partial charge in [0.05, 0.1) is 11.6 Å². The minimum atomic E-state index is -0.823. The second-order valence-corrected chi connectivity index (χ2v) is 13.8. The number of nitrogens with zero attached hydrogens (tertiary/aromatic N) is 1. The molecule has 6 aromatic carbocycles. The van der Waals surface area contributed by atoms with Gasteiger partial charge in [-0.1, -0.05) is 147 Å². The summed E-state index contributed by atoms with van der Waals surface area (Å²) in [6, 6.07) is 47.5. The monoisotopic (exact) mass is 629 g/mol. The molecule has 234 valence electrons. The summed E-state index contributed by atoms with van der Waals surface area (Å²) in [5, 5.41) is 12.0. The van der Waals surface area contributed by atoms with E-state index in [4.69, 9.17) is 4.74 Å². The second-order valence-electron chi connectivity index (χ2n) is 13.8. The van der Waals surface area contributed by atoms with Crippen LogP contribution >= 0.6 is 0 Å². The summed E-state index contributed by atoms with van der Waals surface area (Å²) in [4.78, 5) is 0. The number of nitriles is 1. The molecule has 0 radical (unpaired) electrons. The third-order valence-corrected chi connectivity index (χ3v) is 10.8. The Bertz CT molecular complexity index is 2420. The van der Waals surface area contributed by atoms with Gasteiger partial charge in [0, 0.05) is 27.5 Å². The number of benzene rings is 6. The van der Waals surface area contributed by atoms with Gasteiger partial charge in [0.25, 0.3) is 0 Å². The highest BCUT2D eigenvalue weighted by atomic mass is 16.5. The predicted octanol–water partition coefficient (Wildman–Crippen LogP) is 11.6. The minimum absolute atomic E-state index is 0.313. The van der Waals surface area contributed by atoms with E-state index in [1.54, 1.807) is 0 Å². The molecule has 0 amide bonds. The summed E-state index contributed by atoms with van der Waals surface area (Å²) in [7, 11) is 0. The zero-order valence-corrected chi connectivity index (χ0v) is 27.7. The minimum Gasteiger partial charge on any atom is -0.472 e. The highest BCUT2D eigenvalue weighted by Crippen LogP contribution is 2.58. The van der Waals surface area contributed by atoms with Gasteiger partial charge >= 0.3 is 0 Å². The van der Waals surface area contributed by atoms with Crippen molar-refractivity contribution in [3.63, 3.8) is 0 Å². The largest absolute Gasteiger partial charge is 0.472 e. The average molecular weight is 630 g/mol. The molecule has 2 nitrogen and oxygen atoms in total. The van der Waals surface area contributed by atoms with Crippen LogP contribution in [-0.4, -0.2) is 0 Å². The van der Waals surface area contributed by atoms with Gasteiger partial charge in [-0.2, -0.15) is 5.26 Å². The van der Waals surface area contributed by atoms with Gasteiger partial charge in [-0.3, -0.25) is 0 Å². The van der Waals surface area contributed by atoms with E-state index in [2.05, 4.69) is 166 Å². The lowest BCUT2D eigenvalue weighted by molar-refractivity contribution is 0.163. The SMILES string of the molecule is CC1(C)c2cc(C#N)ccc2-c2c1c1c(c3ccccc23)OC(c2ccccc2)(c2ccc(C3=C(c4ccccc4)C=CCC3)cc2)C=C1. The molecule has 0 saturated carbocycles. The fourth-order valence-electron chi connectivity index (χ4n) is 8.44. The summed E-state index contributed by atoms with van der Waals surface area (Å²) in [5.41, 5.74) is 12.9. The van der Waals surface area contributed by atoms with Gasteiger partial charge in [0.1, 0.15) is 5.75 Å². The van der Waals surface area contributed by atoms with Gasteiger partial charge in [0.2, 0.25) is 0 Å². The number of hydrogen-bond acceptors (Lipinski definition) is 2. The van der Waals surface area contributed by atoms with E-state index >= 15 is 0 Å². The molecule has 3 aliphatic rings. The third kappa shape index (κ3) is 4.39. The van der Waals surface area contributed by atoms with Crippen LogP contribution in [0, 0.1) is 11.3 Å². The molecule has 0 saturated heterocycles. The molecule has 9 rings (SSSR count). The molecule has 49 heavy (non-hydrogen) atoms. The first kappa shape index (κ1) is 29.2. The normalized spacial score (nSPS) is 18.4. The lowest BCUT2D eigenvalue weighted by Gasteiger charge is -2.38. The van der Waals surface area contributed by atoms with Crippen LogP contribution in [-0.2, 0) is 11.0 Å². The van der Waals surface area contributed by atoms with Crippen LogP contribution in [0.25, 0.3) is 39.1 Å². The van der Waals surface area contributed by atoms with Crippen LogP contribution in [0.15, 0.2) is 146 Å². The summed E-state index contributed by atoms with van der Waals surface area (Å²) in [6.07, 6.45) is 11.2. The van der Waals surface area contributed by atoms with Crippen LogP contribution in [0.4, 0.5) is 0 Å². The van der Waals surface area contributed by atoms with Gasteiger partial charge < -0.3 is 4.74 Å². The Morgan fingerprint density at radius 2 is 1.39 bits per heavy atom. The van der Waals surface area contributed by atoms with Gasteiger partial charge in [-0.15, -0.1) is 0 Å². The van der Waals surface area contributed by atoms with Crippen molar-refractivity contribution in [2.45, 2.75) is 37.7 Å². The maximum Gasteiger partial charge on any atom is 0.178 e. The van der Waals surface area contributed by atoms with Crippen molar-refractivity contribution in [1.29, 1.82) is 5.26 Å². The number of fused-ring (bicyclic) bond motifs is 8. The van der Waals surface area contributed by atoms with Crippen molar-refractivity contribution >= 4 is 28.0 Å². The molecule has 1 unspecified atom stereocenters. The molecule has 2 aliphatic carbocycles. The van der Waals surface area contributed by atoms with Gasteiger partial charge in [-0.05, 0) is 81.0 Å². The fraction of sp³-hybridized carbons (Fsp3) is 0.128. The van der Waals surface area contributed by atoms with E-state index in [1.165, 1.54) is 49.9 Å². The van der Waals surface area contributed by atoms with Crippen molar-refractivity contribution in [2.75, 3.05) is 0 Å². The molecule has 0 aromatic heterocycles. The van der Waals surface area contributed by atoms with Gasteiger partial charge in [-0.25, -0.2) is 0 Å². The van der Waals surface area contributed by atoms with E-state index in [-0.39, 0.29) is 5.41 Å². The Morgan fingerprint density at radius 1 is 0.694 bits per heavy atom. The van der Waals surface area contributed by atoms with Crippen LogP contribution in [0.5, 0.6) is 5.75 Å². The molecule has 2 heteroatoms. The van der Waals surface area contributed by atoms with E-state index < -0.39 is 5.60 Å². The summed E-state index contributed by atoms with van der Waals surface area (Å²) < 4.78 is 7.48. The first-order chi connectivity index (χ1) is 24.0. The van der Waals surface area contributed by atoms with Crippen molar-refractivity contribution in [3.05, 3.63) is 190 Å². The first-order valence-corrected chi connectivity index (χ1v) is 17.1. The van der Waals surface area contributed by atoms with Crippen molar-refractivity contribution in [3.8, 4) is 22.9 Å². The highest BCUT2D eigenvalue weighted by Gasteiger charge is 2.44. The van der Waals surface area contributed by atoms with Crippen LogP contribution in [0.3, 0.4) is 0 Å². The maximum absolute atomic E-state index is 9.76. The standard InChI is InChI=1S/C47H35NO/c1-46(2)42-29-31(30-48)21-26-40(42)43-38-19-11-12-20-39(38)45-41(44(43)46)27-28-47(49-45,34-15-7-4-8-16-34)35-24-22-33(23-25-35)37-18-10-9-17-36(37)32-13-5-3-6-14-32/h3-9,11-17,19-29H,10,18H2,1-2H3. The molecular weight excluding hydrogens is 595 g/mol. The lowest BCUT2D eigenvalue weighted by atomic mass is 9.76. The molecule has 0 bridgehead atoms. The topological polar surface area (TPSA) is 33.0 Å². The zero-order chi connectivity index (χ0) is 33.2. The summed E-state index contributed by atoms with van der Waals surface area (Å²) >= 11 is 0. The quantitative estimate of drug-likeness (QED) is 0.194. The third-order valence-electron chi connectivity index (χ3n) is 10.8. The number of ether oxygens (including phenoxy) is 1. The van der Waals surface area contributed by atoms with E-state index in [0.29, 0.717) is 5.56 Å². The Labute approximate surface area is 288 Å². The number of allylic oxidation sites excluding steroid dienone is 4. The number of rotatable bonds is 4. The van der Waals surface area contributed by atoms with Gasteiger partial charge in [0.15, 0.2) is 5.60 Å². The average Bonchev–Trinajstić information content (AvgIpc) is 3.41. The van der Waals surface area contributed by atoms with Crippen LogP contribution in [0.1, 0.15) is 71.2 Å². The Balaban J connectivity index is 1.23.